The van der Waals surface area contributed by atoms with Gasteiger partial charge in [-0.2, -0.15) is 0 Å². The van der Waals surface area contributed by atoms with Crippen molar-refractivity contribution in [1.82, 2.24) is 0 Å². The van der Waals surface area contributed by atoms with Crippen molar-refractivity contribution in [2.24, 2.45) is 0 Å². The van der Waals surface area contributed by atoms with Gasteiger partial charge in [-0.25, -0.2) is 0 Å². The Morgan fingerprint density at radius 3 is 2.72 bits per heavy atom. The Hall–Kier alpha value is -2.11. The lowest BCUT2D eigenvalue weighted by molar-refractivity contribution is -0.529. The topological polar surface area (TPSA) is 78.7 Å². The molecule has 0 saturated carbocycles. The maximum absolute atomic E-state index is 11.0. The van der Waals surface area contributed by atoms with Crippen molar-refractivity contribution in [1.29, 1.82) is 0 Å². The summed E-state index contributed by atoms with van der Waals surface area (Å²) in [6.07, 6.45) is 0.117. The second kappa shape index (κ2) is 6.58. The van der Waals surface area contributed by atoms with Gasteiger partial charge in [0.2, 0.25) is 6.04 Å². The summed E-state index contributed by atoms with van der Waals surface area (Å²) >= 11 is 0. The number of hydrogen-bond acceptors (Lipinski definition) is 5. The highest BCUT2D eigenvalue weighted by atomic mass is 16.6. The van der Waals surface area contributed by atoms with Gasteiger partial charge in [-0.1, -0.05) is 12.1 Å². The van der Waals surface area contributed by atoms with Crippen LogP contribution in [0.2, 0.25) is 0 Å². The zero-order chi connectivity index (χ0) is 13.5. The molecule has 0 aliphatic heterocycles. The van der Waals surface area contributed by atoms with Crippen LogP contribution in [0, 0.1) is 10.1 Å². The highest BCUT2D eigenvalue weighted by Gasteiger charge is 2.24. The largest absolute Gasteiger partial charge is 0.497 e. The number of carbonyl (C=O) groups excluding carboxylic acids is 1. The Bertz CT molecular complexity index is 432. The first-order valence-corrected chi connectivity index (χ1v) is 5.42. The Balaban J connectivity index is 2.83. The van der Waals surface area contributed by atoms with E-state index in [4.69, 9.17) is 4.74 Å². The lowest BCUT2D eigenvalue weighted by atomic mass is 10.0. The van der Waals surface area contributed by atoms with Gasteiger partial charge in [0, 0.05) is 16.9 Å². The number of hydrogen-bond donors (Lipinski definition) is 0. The maximum atomic E-state index is 11.0. The molecule has 0 aliphatic rings. The molecule has 18 heavy (non-hydrogen) atoms. The lowest BCUT2D eigenvalue weighted by Crippen LogP contribution is -2.13. The van der Waals surface area contributed by atoms with Crippen LogP contribution in [-0.4, -0.2) is 25.1 Å². The van der Waals surface area contributed by atoms with Crippen molar-refractivity contribution < 1.29 is 19.2 Å². The SMILES string of the molecule is COC(=O)CCC(c1cccc(OC)c1)[N+](=O)[O-]. The number of nitrogens with zero attached hydrogens (tertiary/aromatic N) is 1. The molecule has 0 amide bonds. The number of nitro groups is 1. The molecule has 0 saturated heterocycles. The Kier molecular flexibility index (Phi) is 5.10. The molecule has 98 valence electrons. The Morgan fingerprint density at radius 1 is 1.44 bits per heavy atom. The molecule has 6 heteroatoms. The third-order valence-corrected chi connectivity index (χ3v) is 2.58. The van der Waals surface area contributed by atoms with Crippen molar-refractivity contribution in [3.8, 4) is 5.75 Å². The Morgan fingerprint density at radius 2 is 2.17 bits per heavy atom. The van der Waals surface area contributed by atoms with Crippen LogP contribution in [0.4, 0.5) is 0 Å². The van der Waals surface area contributed by atoms with Crippen molar-refractivity contribution in [3.63, 3.8) is 0 Å². The van der Waals surface area contributed by atoms with Crippen LogP contribution in [-0.2, 0) is 9.53 Å². The summed E-state index contributed by atoms with van der Waals surface area (Å²) in [5.41, 5.74) is 0.517. The lowest BCUT2D eigenvalue weighted by Gasteiger charge is -2.10. The second-order valence-corrected chi connectivity index (χ2v) is 3.69. The van der Waals surface area contributed by atoms with Gasteiger partial charge in [-0.15, -0.1) is 0 Å². The molecular weight excluding hydrogens is 238 g/mol. The third kappa shape index (κ3) is 3.73. The summed E-state index contributed by atoms with van der Waals surface area (Å²) in [7, 11) is 2.75. The zero-order valence-corrected chi connectivity index (χ0v) is 10.3. The number of ether oxygens (including phenoxy) is 2. The number of esters is 1. The van der Waals surface area contributed by atoms with Gasteiger partial charge < -0.3 is 9.47 Å². The van der Waals surface area contributed by atoms with Crippen molar-refractivity contribution in [2.45, 2.75) is 18.9 Å². The van der Waals surface area contributed by atoms with Crippen LogP contribution < -0.4 is 4.74 Å². The molecule has 0 aromatic heterocycles. The van der Waals surface area contributed by atoms with E-state index in [-0.39, 0.29) is 12.8 Å². The summed E-state index contributed by atoms with van der Waals surface area (Å²) in [6.45, 7) is 0. The summed E-state index contributed by atoms with van der Waals surface area (Å²) in [4.78, 5) is 21.6. The van der Waals surface area contributed by atoms with Crippen LogP contribution in [0.5, 0.6) is 5.75 Å². The fraction of sp³-hybridized carbons (Fsp3) is 0.417. The molecule has 1 aromatic rings. The number of carbonyl (C=O) groups is 1. The fourth-order valence-corrected chi connectivity index (χ4v) is 1.60. The van der Waals surface area contributed by atoms with Gasteiger partial charge in [0.15, 0.2) is 0 Å². The first-order valence-electron chi connectivity index (χ1n) is 5.42. The van der Waals surface area contributed by atoms with Crippen LogP contribution in [0.1, 0.15) is 24.4 Å². The molecule has 0 bridgehead atoms. The van der Waals surface area contributed by atoms with Gasteiger partial charge in [-0.3, -0.25) is 14.9 Å². The quantitative estimate of drug-likeness (QED) is 0.440. The van der Waals surface area contributed by atoms with E-state index in [1.54, 1.807) is 24.3 Å². The predicted molar refractivity (Wildman–Crippen MR) is 64.0 cm³/mol. The molecule has 0 radical (unpaired) electrons. The second-order valence-electron chi connectivity index (χ2n) is 3.69. The van der Waals surface area contributed by atoms with Gasteiger partial charge in [0.05, 0.1) is 20.6 Å². The van der Waals surface area contributed by atoms with Gasteiger partial charge in [-0.05, 0) is 12.1 Å². The van der Waals surface area contributed by atoms with Crippen molar-refractivity contribution >= 4 is 5.97 Å². The molecule has 1 atom stereocenters. The predicted octanol–water partition coefficient (Wildman–Crippen LogP) is 1.97. The molecule has 0 aliphatic carbocycles. The van der Waals surface area contributed by atoms with E-state index in [0.717, 1.165) is 0 Å². The number of rotatable bonds is 6. The monoisotopic (exact) mass is 253 g/mol. The van der Waals surface area contributed by atoms with E-state index in [1.165, 1.54) is 14.2 Å². The summed E-state index contributed by atoms with van der Waals surface area (Å²) in [5, 5.41) is 11.0. The first kappa shape index (κ1) is 14.0. The highest BCUT2D eigenvalue weighted by molar-refractivity contribution is 5.69. The minimum absolute atomic E-state index is 0.0133. The fourth-order valence-electron chi connectivity index (χ4n) is 1.60. The average Bonchev–Trinajstić information content (AvgIpc) is 2.38. The third-order valence-electron chi connectivity index (χ3n) is 2.58. The normalized spacial score (nSPS) is 11.7. The van der Waals surface area contributed by atoms with E-state index in [0.29, 0.717) is 11.3 Å². The van der Waals surface area contributed by atoms with Crippen LogP contribution in [0.3, 0.4) is 0 Å². The molecule has 1 rings (SSSR count). The number of methoxy groups -OCH3 is 2. The molecule has 0 spiro atoms. The average molecular weight is 253 g/mol. The molecule has 0 heterocycles. The van der Waals surface area contributed by atoms with E-state index in [9.17, 15) is 14.9 Å². The Labute approximate surface area is 105 Å². The molecule has 0 fully saturated rings. The standard InChI is InChI=1S/C12H15NO5/c1-17-10-5-3-4-9(8-10)11(13(15)16)6-7-12(14)18-2/h3-5,8,11H,6-7H2,1-2H3. The van der Waals surface area contributed by atoms with Gasteiger partial charge >= 0.3 is 5.97 Å². The molecule has 1 aromatic carbocycles. The summed E-state index contributed by atoms with van der Waals surface area (Å²) < 4.78 is 9.49. The smallest absolute Gasteiger partial charge is 0.305 e. The zero-order valence-electron chi connectivity index (χ0n) is 10.3. The van der Waals surface area contributed by atoms with E-state index in [1.807, 2.05) is 0 Å². The molecule has 1 unspecified atom stereocenters. The van der Waals surface area contributed by atoms with E-state index >= 15 is 0 Å². The molecular formula is C12H15NO5. The summed E-state index contributed by atoms with van der Waals surface area (Å²) in [5.74, 6) is 0.0992. The van der Waals surface area contributed by atoms with E-state index in [2.05, 4.69) is 4.74 Å². The number of benzene rings is 1. The maximum Gasteiger partial charge on any atom is 0.305 e. The summed E-state index contributed by atoms with van der Waals surface area (Å²) in [6, 6.07) is 5.71. The molecule has 0 N–H and O–H groups in total. The van der Waals surface area contributed by atoms with Crippen LogP contribution >= 0.6 is 0 Å². The van der Waals surface area contributed by atoms with Gasteiger partial charge in [0.1, 0.15) is 5.75 Å². The van der Waals surface area contributed by atoms with Crippen molar-refractivity contribution in [3.05, 3.63) is 39.9 Å². The van der Waals surface area contributed by atoms with Gasteiger partial charge in [0.25, 0.3) is 0 Å². The highest BCUT2D eigenvalue weighted by Crippen LogP contribution is 2.25. The van der Waals surface area contributed by atoms with E-state index < -0.39 is 16.9 Å². The van der Waals surface area contributed by atoms with Crippen molar-refractivity contribution in [2.75, 3.05) is 14.2 Å². The van der Waals surface area contributed by atoms with Crippen LogP contribution in [0.15, 0.2) is 24.3 Å². The minimum atomic E-state index is -0.931. The first-order chi connectivity index (χ1) is 8.58. The van der Waals surface area contributed by atoms with Crippen LogP contribution in [0.25, 0.3) is 0 Å². The molecule has 6 nitrogen and oxygen atoms in total. The minimum Gasteiger partial charge on any atom is -0.497 e.